The third kappa shape index (κ3) is 2.37. The van der Waals surface area contributed by atoms with Crippen LogP contribution in [0.5, 0.6) is 11.6 Å². The van der Waals surface area contributed by atoms with Crippen molar-refractivity contribution in [1.29, 1.82) is 0 Å². The van der Waals surface area contributed by atoms with Gasteiger partial charge in [-0.1, -0.05) is 0 Å². The molecule has 0 atom stereocenters. The number of aromatic nitrogens is 2. The van der Waals surface area contributed by atoms with Crippen LogP contribution in [0.4, 0.5) is 14.6 Å². The minimum Gasteiger partial charge on any atom is -0.435 e. The summed E-state index contributed by atoms with van der Waals surface area (Å²) in [6, 6.07) is 2.99. The van der Waals surface area contributed by atoms with Gasteiger partial charge < -0.3 is 10.1 Å². The fourth-order valence-corrected chi connectivity index (χ4v) is 1.45. The van der Waals surface area contributed by atoms with Crippen LogP contribution >= 0.6 is 0 Å². The molecule has 4 nitrogen and oxygen atoms in total. The highest BCUT2D eigenvalue weighted by molar-refractivity contribution is 5.48. The SMILES string of the molecule is CNc1ncnc(Oc2cc(F)ccc2F)c1C. The fourth-order valence-electron chi connectivity index (χ4n) is 1.45. The van der Waals surface area contributed by atoms with Crippen LogP contribution in [0.25, 0.3) is 0 Å². The molecule has 0 fully saturated rings. The molecule has 0 bridgehead atoms. The number of ether oxygens (including phenoxy) is 1. The zero-order chi connectivity index (χ0) is 13.1. The number of rotatable bonds is 3. The van der Waals surface area contributed by atoms with Crippen molar-refractivity contribution < 1.29 is 13.5 Å². The highest BCUT2D eigenvalue weighted by Crippen LogP contribution is 2.28. The Morgan fingerprint density at radius 3 is 2.72 bits per heavy atom. The van der Waals surface area contributed by atoms with Gasteiger partial charge in [0.1, 0.15) is 18.0 Å². The van der Waals surface area contributed by atoms with Gasteiger partial charge in [-0.25, -0.2) is 18.7 Å². The van der Waals surface area contributed by atoms with Gasteiger partial charge in [-0.2, -0.15) is 0 Å². The van der Waals surface area contributed by atoms with Crippen LogP contribution in [0.15, 0.2) is 24.5 Å². The molecule has 0 unspecified atom stereocenters. The molecule has 0 spiro atoms. The lowest BCUT2D eigenvalue weighted by Crippen LogP contribution is -2.00. The third-order valence-corrected chi connectivity index (χ3v) is 2.37. The molecule has 0 amide bonds. The van der Waals surface area contributed by atoms with Gasteiger partial charge in [0.15, 0.2) is 11.6 Å². The summed E-state index contributed by atoms with van der Waals surface area (Å²) in [5.41, 5.74) is 0.615. The molecule has 1 aromatic carbocycles. The Bertz CT molecular complexity index is 575. The first-order valence-electron chi connectivity index (χ1n) is 5.24. The number of hydrogen-bond acceptors (Lipinski definition) is 4. The van der Waals surface area contributed by atoms with Gasteiger partial charge in [0.05, 0.1) is 5.56 Å². The Kier molecular flexibility index (Phi) is 3.36. The maximum Gasteiger partial charge on any atom is 0.227 e. The minimum atomic E-state index is -0.652. The zero-order valence-electron chi connectivity index (χ0n) is 9.87. The molecular formula is C12H11F2N3O. The van der Waals surface area contributed by atoms with E-state index in [9.17, 15) is 8.78 Å². The summed E-state index contributed by atoms with van der Waals surface area (Å²) >= 11 is 0. The third-order valence-electron chi connectivity index (χ3n) is 2.37. The molecule has 0 radical (unpaired) electrons. The molecule has 0 aliphatic rings. The summed E-state index contributed by atoms with van der Waals surface area (Å²) in [5.74, 6) is -0.693. The summed E-state index contributed by atoms with van der Waals surface area (Å²) in [6.07, 6.45) is 1.28. The molecule has 18 heavy (non-hydrogen) atoms. The van der Waals surface area contributed by atoms with E-state index in [2.05, 4.69) is 15.3 Å². The summed E-state index contributed by atoms with van der Waals surface area (Å²) in [6.45, 7) is 1.72. The maximum absolute atomic E-state index is 13.4. The average molecular weight is 251 g/mol. The molecule has 1 aromatic heterocycles. The zero-order valence-corrected chi connectivity index (χ0v) is 9.87. The van der Waals surface area contributed by atoms with Crippen LogP contribution < -0.4 is 10.1 Å². The molecule has 2 aromatic rings. The standard InChI is InChI=1S/C12H11F2N3O/c1-7-11(15-2)16-6-17-12(7)18-10-5-8(13)3-4-9(10)14/h3-6H,1-2H3,(H,15,16,17). The van der Waals surface area contributed by atoms with E-state index in [4.69, 9.17) is 4.74 Å². The smallest absolute Gasteiger partial charge is 0.227 e. The average Bonchev–Trinajstić information content (AvgIpc) is 2.36. The fraction of sp³-hybridized carbons (Fsp3) is 0.167. The van der Waals surface area contributed by atoms with Gasteiger partial charge in [0.25, 0.3) is 0 Å². The monoisotopic (exact) mass is 251 g/mol. The predicted octanol–water partition coefficient (Wildman–Crippen LogP) is 2.90. The van der Waals surface area contributed by atoms with Crippen molar-refractivity contribution in [3.05, 3.63) is 41.7 Å². The van der Waals surface area contributed by atoms with Crippen molar-refractivity contribution in [3.8, 4) is 11.6 Å². The summed E-state index contributed by atoms with van der Waals surface area (Å²) < 4.78 is 31.7. The van der Waals surface area contributed by atoms with Crippen LogP contribution in [-0.2, 0) is 0 Å². The van der Waals surface area contributed by atoms with Crippen LogP contribution in [-0.4, -0.2) is 17.0 Å². The van der Waals surface area contributed by atoms with E-state index in [1.54, 1.807) is 14.0 Å². The Morgan fingerprint density at radius 2 is 2.00 bits per heavy atom. The second-order valence-electron chi connectivity index (χ2n) is 3.58. The number of nitrogens with one attached hydrogen (secondary N) is 1. The number of halogens is 2. The normalized spacial score (nSPS) is 10.2. The Hall–Kier alpha value is -2.24. The first-order valence-corrected chi connectivity index (χ1v) is 5.24. The summed E-state index contributed by atoms with van der Waals surface area (Å²) in [5, 5.41) is 2.85. The van der Waals surface area contributed by atoms with Crippen molar-refractivity contribution >= 4 is 5.82 Å². The minimum absolute atomic E-state index is 0.179. The molecule has 2 rings (SSSR count). The van der Waals surface area contributed by atoms with Crippen LogP contribution in [0, 0.1) is 18.6 Å². The van der Waals surface area contributed by atoms with Crippen LogP contribution in [0.1, 0.15) is 5.56 Å². The van der Waals surface area contributed by atoms with Crippen molar-refractivity contribution in [2.45, 2.75) is 6.92 Å². The van der Waals surface area contributed by atoms with Crippen LogP contribution in [0.2, 0.25) is 0 Å². The van der Waals surface area contributed by atoms with Gasteiger partial charge in [0.2, 0.25) is 5.88 Å². The number of nitrogens with zero attached hydrogens (tertiary/aromatic N) is 2. The first-order chi connectivity index (χ1) is 8.61. The van der Waals surface area contributed by atoms with Gasteiger partial charge >= 0.3 is 0 Å². The lowest BCUT2D eigenvalue weighted by atomic mass is 10.3. The lowest BCUT2D eigenvalue weighted by molar-refractivity contribution is 0.419. The largest absolute Gasteiger partial charge is 0.435 e. The predicted molar refractivity (Wildman–Crippen MR) is 62.7 cm³/mol. The molecule has 6 heteroatoms. The van der Waals surface area contributed by atoms with Crippen molar-refractivity contribution in [2.24, 2.45) is 0 Å². The molecule has 0 saturated carbocycles. The molecule has 1 N–H and O–H groups in total. The molecule has 1 heterocycles. The molecular weight excluding hydrogens is 240 g/mol. The van der Waals surface area contributed by atoms with E-state index in [1.165, 1.54) is 6.33 Å². The second kappa shape index (κ2) is 4.95. The van der Waals surface area contributed by atoms with E-state index in [0.29, 0.717) is 11.4 Å². The van der Waals surface area contributed by atoms with E-state index in [1.807, 2.05) is 0 Å². The first kappa shape index (κ1) is 12.2. The topological polar surface area (TPSA) is 47.0 Å². The van der Waals surface area contributed by atoms with Gasteiger partial charge in [-0.3, -0.25) is 0 Å². The number of hydrogen-bond donors (Lipinski definition) is 1. The van der Waals surface area contributed by atoms with Gasteiger partial charge in [0, 0.05) is 13.1 Å². The van der Waals surface area contributed by atoms with Crippen molar-refractivity contribution in [2.75, 3.05) is 12.4 Å². The number of anilines is 1. The highest BCUT2D eigenvalue weighted by Gasteiger charge is 2.11. The lowest BCUT2D eigenvalue weighted by Gasteiger charge is -2.10. The van der Waals surface area contributed by atoms with Crippen LogP contribution in [0.3, 0.4) is 0 Å². The van der Waals surface area contributed by atoms with E-state index in [0.717, 1.165) is 18.2 Å². The summed E-state index contributed by atoms with van der Waals surface area (Å²) in [4.78, 5) is 7.86. The second-order valence-corrected chi connectivity index (χ2v) is 3.58. The Balaban J connectivity index is 2.37. The Labute approximate surface area is 103 Å². The van der Waals surface area contributed by atoms with Gasteiger partial charge in [-0.15, -0.1) is 0 Å². The van der Waals surface area contributed by atoms with Gasteiger partial charge in [-0.05, 0) is 19.1 Å². The van der Waals surface area contributed by atoms with Crippen molar-refractivity contribution in [3.63, 3.8) is 0 Å². The maximum atomic E-state index is 13.4. The quantitative estimate of drug-likeness (QED) is 0.911. The molecule has 94 valence electrons. The summed E-state index contributed by atoms with van der Waals surface area (Å²) in [7, 11) is 1.70. The van der Waals surface area contributed by atoms with E-state index >= 15 is 0 Å². The molecule has 0 saturated heterocycles. The molecule has 0 aliphatic carbocycles. The van der Waals surface area contributed by atoms with E-state index < -0.39 is 11.6 Å². The number of benzene rings is 1. The Morgan fingerprint density at radius 1 is 1.22 bits per heavy atom. The molecule has 0 aliphatic heterocycles. The van der Waals surface area contributed by atoms with Crippen molar-refractivity contribution in [1.82, 2.24) is 9.97 Å². The highest BCUT2D eigenvalue weighted by atomic mass is 19.1. The van der Waals surface area contributed by atoms with E-state index in [-0.39, 0.29) is 11.6 Å².